The van der Waals surface area contributed by atoms with Gasteiger partial charge in [-0.25, -0.2) is 0 Å². The Morgan fingerprint density at radius 3 is 2.14 bits per heavy atom. The van der Waals surface area contributed by atoms with Crippen molar-refractivity contribution in [3.63, 3.8) is 0 Å². The third kappa shape index (κ3) is 4.70. The van der Waals surface area contributed by atoms with Crippen molar-refractivity contribution in [2.75, 3.05) is 9.80 Å². The average molecular weight is 589 g/mol. The number of nitro groups is 1. The van der Waals surface area contributed by atoms with Gasteiger partial charge in [-0.2, -0.15) is 0 Å². The quantitative estimate of drug-likeness (QED) is 0.160. The van der Waals surface area contributed by atoms with Crippen LogP contribution in [-0.2, 0) is 4.79 Å². The summed E-state index contributed by atoms with van der Waals surface area (Å²) in [5, 5.41) is 11.5. The van der Waals surface area contributed by atoms with Gasteiger partial charge in [-0.05, 0) is 62.2 Å². The van der Waals surface area contributed by atoms with E-state index in [-0.39, 0.29) is 22.4 Å². The number of imide groups is 1. The first kappa shape index (κ1) is 28.5. The minimum Gasteiger partial charge on any atom is -0.307 e. The van der Waals surface area contributed by atoms with E-state index in [0.29, 0.717) is 23.4 Å². The van der Waals surface area contributed by atoms with Crippen molar-refractivity contribution in [2.24, 2.45) is 0 Å². The highest BCUT2D eigenvalue weighted by Gasteiger charge is 2.45. The molecule has 10 heteroatoms. The number of amides is 4. The molecule has 0 aromatic heterocycles. The molecule has 4 aromatic carbocycles. The van der Waals surface area contributed by atoms with Crippen LogP contribution >= 0.6 is 0 Å². The first-order valence-electron chi connectivity index (χ1n) is 14.2. The fourth-order valence-electron chi connectivity index (χ4n) is 6.15. The second-order valence-electron chi connectivity index (χ2n) is 10.9. The highest BCUT2D eigenvalue weighted by atomic mass is 16.6. The topological polar surface area (TPSA) is 121 Å². The van der Waals surface area contributed by atoms with E-state index in [1.165, 1.54) is 18.2 Å². The van der Waals surface area contributed by atoms with Crippen LogP contribution in [0.25, 0.3) is 0 Å². The summed E-state index contributed by atoms with van der Waals surface area (Å²) in [5.74, 6) is -1.87. The molecule has 3 atom stereocenters. The van der Waals surface area contributed by atoms with Gasteiger partial charge in [0.25, 0.3) is 23.4 Å². The van der Waals surface area contributed by atoms with E-state index in [0.717, 1.165) is 4.90 Å². The van der Waals surface area contributed by atoms with Gasteiger partial charge in [0.15, 0.2) is 0 Å². The van der Waals surface area contributed by atoms with Gasteiger partial charge in [0.05, 0.1) is 22.1 Å². The van der Waals surface area contributed by atoms with Crippen molar-refractivity contribution in [1.29, 1.82) is 0 Å². The van der Waals surface area contributed by atoms with E-state index >= 15 is 0 Å². The van der Waals surface area contributed by atoms with Gasteiger partial charge in [-0.1, -0.05) is 54.6 Å². The summed E-state index contributed by atoms with van der Waals surface area (Å²) in [7, 11) is 0. The lowest BCUT2D eigenvalue weighted by Gasteiger charge is -2.44. The Hall–Kier alpha value is -5.64. The first-order valence-corrected chi connectivity index (χ1v) is 14.2. The van der Waals surface area contributed by atoms with Gasteiger partial charge >= 0.3 is 0 Å². The summed E-state index contributed by atoms with van der Waals surface area (Å²) in [5.41, 5.74) is 2.33. The highest BCUT2D eigenvalue weighted by Crippen LogP contribution is 2.43. The number of hydrogen-bond acceptors (Lipinski definition) is 6. The molecule has 0 unspecified atom stereocenters. The lowest BCUT2D eigenvalue weighted by atomic mass is 9.89. The number of hydrogen-bond donors (Lipinski definition) is 0. The number of fused-ring (bicyclic) bond motifs is 2. The normalized spacial score (nSPS) is 18.0. The Balaban J connectivity index is 1.39. The third-order valence-electron chi connectivity index (χ3n) is 8.24. The van der Waals surface area contributed by atoms with E-state index < -0.39 is 46.7 Å². The molecular weight excluding hydrogens is 560 g/mol. The molecule has 6 rings (SSSR count). The lowest BCUT2D eigenvalue weighted by Crippen LogP contribution is -2.55. The molecule has 2 aliphatic rings. The molecule has 2 heterocycles. The predicted molar refractivity (Wildman–Crippen MR) is 163 cm³/mol. The third-order valence-corrected chi connectivity index (χ3v) is 8.24. The minimum absolute atomic E-state index is 0.158. The van der Waals surface area contributed by atoms with E-state index in [9.17, 15) is 29.3 Å². The second-order valence-corrected chi connectivity index (χ2v) is 10.9. The van der Waals surface area contributed by atoms with Gasteiger partial charge in [0.1, 0.15) is 6.04 Å². The fourth-order valence-corrected chi connectivity index (χ4v) is 6.15. The van der Waals surface area contributed by atoms with Crippen LogP contribution in [0.5, 0.6) is 0 Å². The number of nitro benzene ring substituents is 1. The maximum atomic E-state index is 14.2. The standard InChI is InChI=1S/C34H28N4O6/c1-21-19-30(37(24-12-4-3-5-13-24)32(40)23-11-10-14-25(20-23)38(43)44)28-17-8-9-18-29(28)35(21)31(39)22(2)36-33(41)26-15-6-7-16-27(26)34(36)42/h3-18,20-22,30H,19H2,1-2H3/t21-,22-,30-/m1/s1. The number of benzene rings is 4. The number of anilines is 2. The Morgan fingerprint density at radius 2 is 1.48 bits per heavy atom. The summed E-state index contributed by atoms with van der Waals surface area (Å²) >= 11 is 0. The number of nitrogens with zero attached hydrogens (tertiary/aromatic N) is 4. The van der Waals surface area contributed by atoms with Crippen LogP contribution < -0.4 is 9.80 Å². The SMILES string of the molecule is C[C@H](C(=O)N1c2ccccc2[C@H](N(C(=O)c2cccc([N+](=O)[O-])c2)c2ccccc2)C[C@H]1C)N1C(=O)c2ccccc2C1=O. The molecule has 0 spiro atoms. The van der Waals surface area contributed by atoms with Crippen molar-refractivity contribution < 1.29 is 24.1 Å². The zero-order valence-corrected chi connectivity index (χ0v) is 24.0. The molecule has 0 saturated carbocycles. The van der Waals surface area contributed by atoms with Crippen molar-refractivity contribution in [2.45, 2.75) is 38.4 Å². The maximum absolute atomic E-state index is 14.2. The van der Waals surface area contributed by atoms with Crippen molar-refractivity contribution in [1.82, 2.24) is 4.90 Å². The van der Waals surface area contributed by atoms with E-state index in [1.54, 1.807) is 83.5 Å². The minimum atomic E-state index is -1.08. The molecule has 10 nitrogen and oxygen atoms in total. The Kier molecular flexibility index (Phi) is 7.26. The highest BCUT2D eigenvalue weighted by molar-refractivity contribution is 6.23. The van der Waals surface area contributed by atoms with Crippen LogP contribution in [0.15, 0.2) is 103 Å². The molecule has 0 radical (unpaired) electrons. The summed E-state index contributed by atoms with van der Waals surface area (Å²) < 4.78 is 0. The number of carbonyl (C=O) groups is 4. The molecule has 4 aromatic rings. The Bertz CT molecular complexity index is 1790. The average Bonchev–Trinajstić information content (AvgIpc) is 3.30. The molecule has 0 bridgehead atoms. The van der Waals surface area contributed by atoms with E-state index in [2.05, 4.69) is 0 Å². The molecule has 220 valence electrons. The Labute approximate surface area is 253 Å². The van der Waals surface area contributed by atoms with Crippen LogP contribution in [0.2, 0.25) is 0 Å². The maximum Gasteiger partial charge on any atom is 0.270 e. The van der Waals surface area contributed by atoms with Crippen molar-refractivity contribution in [3.8, 4) is 0 Å². The molecule has 0 N–H and O–H groups in total. The van der Waals surface area contributed by atoms with Crippen molar-refractivity contribution in [3.05, 3.63) is 135 Å². The zero-order valence-electron chi connectivity index (χ0n) is 24.0. The van der Waals surface area contributed by atoms with Crippen LogP contribution in [0, 0.1) is 10.1 Å². The van der Waals surface area contributed by atoms with Crippen LogP contribution in [0.4, 0.5) is 17.1 Å². The van der Waals surface area contributed by atoms with Gasteiger partial charge in [0, 0.05) is 35.1 Å². The lowest BCUT2D eigenvalue weighted by molar-refractivity contribution is -0.384. The van der Waals surface area contributed by atoms with Gasteiger partial charge in [-0.15, -0.1) is 0 Å². The van der Waals surface area contributed by atoms with Crippen LogP contribution in [0.3, 0.4) is 0 Å². The smallest absolute Gasteiger partial charge is 0.270 e. The van der Waals surface area contributed by atoms with Gasteiger partial charge in [-0.3, -0.25) is 34.2 Å². The summed E-state index contributed by atoms with van der Waals surface area (Å²) in [4.78, 5) is 69.8. The zero-order chi connectivity index (χ0) is 31.1. The monoisotopic (exact) mass is 588 g/mol. The first-order chi connectivity index (χ1) is 21.2. The summed E-state index contributed by atoms with van der Waals surface area (Å²) in [6, 6.07) is 26.3. The molecule has 0 fully saturated rings. The number of rotatable bonds is 6. The fraction of sp³-hybridized carbons (Fsp3) is 0.176. The number of non-ortho nitro benzene ring substituents is 1. The molecule has 2 aliphatic heterocycles. The molecule has 0 aliphatic carbocycles. The van der Waals surface area contributed by atoms with Gasteiger partial charge < -0.3 is 9.80 Å². The number of carbonyl (C=O) groups excluding carboxylic acids is 4. The number of para-hydroxylation sites is 2. The molecular formula is C34H28N4O6. The largest absolute Gasteiger partial charge is 0.307 e. The summed E-state index contributed by atoms with van der Waals surface area (Å²) in [6.45, 7) is 3.41. The second kappa shape index (κ2) is 11.2. The Morgan fingerprint density at radius 1 is 0.864 bits per heavy atom. The van der Waals surface area contributed by atoms with Crippen molar-refractivity contribution >= 4 is 40.7 Å². The van der Waals surface area contributed by atoms with Crippen LogP contribution in [-0.4, -0.2) is 45.5 Å². The van der Waals surface area contributed by atoms with E-state index in [4.69, 9.17) is 0 Å². The molecule has 0 saturated heterocycles. The van der Waals surface area contributed by atoms with Gasteiger partial charge in [0.2, 0.25) is 5.91 Å². The molecule has 4 amide bonds. The molecule has 44 heavy (non-hydrogen) atoms. The van der Waals surface area contributed by atoms with E-state index in [1.807, 2.05) is 25.1 Å². The summed E-state index contributed by atoms with van der Waals surface area (Å²) in [6.07, 6.45) is 0.327. The van der Waals surface area contributed by atoms with Crippen LogP contribution in [0.1, 0.15) is 62.9 Å². The predicted octanol–water partition coefficient (Wildman–Crippen LogP) is 5.79.